The molecule has 1 aliphatic rings. The molecule has 23 heavy (non-hydrogen) atoms. The van der Waals surface area contributed by atoms with E-state index in [-0.39, 0.29) is 5.91 Å². The van der Waals surface area contributed by atoms with Gasteiger partial charge in [-0.2, -0.15) is 5.26 Å². The van der Waals surface area contributed by atoms with Gasteiger partial charge in [0.2, 0.25) is 5.88 Å². The first-order valence-corrected chi connectivity index (χ1v) is 8.37. The monoisotopic (exact) mass is 328 g/mol. The number of amides is 1. The van der Waals surface area contributed by atoms with Crippen LogP contribution in [0.4, 0.5) is 0 Å². The fourth-order valence-corrected chi connectivity index (χ4v) is 3.10. The Bertz CT molecular complexity index is 703. The Balaban J connectivity index is 1.50. The minimum absolute atomic E-state index is 0.00195. The minimum atomic E-state index is 0.00195. The number of hydrogen-bond acceptors (Lipinski definition) is 6. The topological polar surface area (TPSA) is 79.1 Å². The lowest BCUT2D eigenvalue weighted by molar-refractivity contribution is 0.0654. The van der Waals surface area contributed by atoms with Gasteiger partial charge in [0.25, 0.3) is 5.91 Å². The van der Waals surface area contributed by atoms with Crippen molar-refractivity contribution in [1.82, 2.24) is 14.9 Å². The number of rotatable bonds is 4. The van der Waals surface area contributed by atoms with E-state index in [0.717, 1.165) is 12.8 Å². The van der Waals surface area contributed by atoms with E-state index in [2.05, 4.69) is 16.0 Å². The number of nitriles is 1. The molecule has 0 N–H and O–H groups in total. The van der Waals surface area contributed by atoms with Gasteiger partial charge in [0.05, 0.1) is 12.1 Å². The van der Waals surface area contributed by atoms with Crippen molar-refractivity contribution in [3.63, 3.8) is 0 Å². The molecule has 7 heteroatoms. The number of hydrogen-bond donors (Lipinski definition) is 0. The largest absolute Gasteiger partial charge is 0.476 e. The Morgan fingerprint density at radius 3 is 2.96 bits per heavy atom. The van der Waals surface area contributed by atoms with Crippen LogP contribution in [0.25, 0.3) is 0 Å². The Kier molecular flexibility index (Phi) is 4.83. The van der Waals surface area contributed by atoms with Gasteiger partial charge in [0, 0.05) is 24.7 Å². The van der Waals surface area contributed by atoms with Crippen molar-refractivity contribution >= 4 is 17.2 Å². The number of nitrogens with zero attached hydrogens (tertiary/aromatic N) is 4. The molecule has 1 aliphatic heterocycles. The lowest BCUT2D eigenvalue weighted by atomic mass is 9.97. The highest BCUT2D eigenvalue weighted by Crippen LogP contribution is 2.21. The summed E-state index contributed by atoms with van der Waals surface area (Å²) in [5, 5.41) is 10.8. The average molecular weight is 328 g/mol. The number of ether oxygens (including phenoxy) is 1. The van der Waals surface area contributed by atoms with Gasteiger partial charge in [-0.15, -0.1) is 11.3 Å². The van der Waals surface area contributed by atoms with Crippen LogP contribution >= 0.6 is 11.3 Å². The molecule has 0 aliphatic carbocycles. The van der Waals surface area contributed by atoms with E-state index >= 15 is 0 Å². The zero-order chi connectivity index (χ0) is 16.1. The van der Waals surface area contributed by atoms with Gasteiger partial charge in [0.1, 0.15) is 17.3 Å². The van der Waals surface area contributed by atoms with E-state index in [4.69, 9.17) is 10.00 Å². The highest BCUT2D eigenvalue weighted by Gasteiger charge is 2.25. The van der Waals surface area contributed by atoms with Crippen molar-refractivity contribution in [3.8, 4) is 11.9 Å². The maximum atomic E-state index is 12.2. The number of carbonyl (C=O) groups excluding carboxylic acids is 1. The summed E-state index contributed by atoms with van der Waals surface area (Å²) in [6.45, 7) is 1.93. The molecule has 0 atom stereocenters. The molecule has 3 heterocycles. The molecule has 2 aromatic rings. The van der Waals surface area contributed by atoms with Gasteiger partial charge in [-0.25, -0.2) is 9.97 Å². The molecule has 0 spiro atoms. The van der Waals surface area contributed by atoms with Gasteiger partial charge < -0.3 is 9.64 Å². The van der Waals surface area contributed by atoms with Crippen LogP contribution in [0.3, 0.4) is 0 Å². The van der Waals surface area contributed by atoms with Crippen LogP contribution in [0.5, 0.6) is 5.88 Å². The van der Waals surface area contributed by atoms with Gasteiger partial charge >= 0.3 is 0 Å². The molecule has 3 rings (SSSR count). The Morgan fingerprint density at radius 2 is 2.26 bits per heavy atom. The molecular weight excluding hydrogens is 312 g/mol. The van der Waals surface area contributed by atoms with Crippen LogP contribution in [-0.4, -0.2) is 40.5 Å². The maximum absolute atomic E-state index is 12.2. The van der Waals surface area contributed by atoms with Crippen molar-refractivity contribution in [2.75, 3.05) is 19.7 Å². The molecule has 1 amide bonds. The van der Waals surface area contributed by atoms with Crippen LogP contribution < -0.4 is 4.74 Å². The van der Waals surface area contributed by atoms with Gasteiger partial charge in [-0.1, -0.05) is 0 Å². The molecule has 2 aromatic heterocycles. The molecule has 0 unspecified atom stereocenters. The van der Waals surface area contributed by atoms with Crippen LogP contribution in [0.15, 0.2) is 29.2 Å². The highest BCUT2D eigenvalue weighted by atomic mass is 32.1. The van der Waals surface area contributed by atoms with Crippen LogP contribution in [0.1, 0.15) is 28.9 Å². The van der Waals surface area contributed by atoms with Crippen LogP contribution in [-0.2, 0) is 0 Å². The van der Waals surface area contributed by atoms with Crippen LogP contribution in [0.2, 0.25) is 0 Å². The average Bonchev–Trinajstić information content (AvgIpc) is 3.14. The van der Waals surface area contributed by atoms with E-state index in [1.807, 2.05) is 4.90 Å². The number of carbonyl (C=O) groups is 1. The zero-order valence-corrected chi connectivity index (χ0v) is 13.3. The number of pyridine rings is 1. The molecular formula is C16H16N4O2S. The van der Waals surface area contributed by atoms with Crippen molar-refractivity contribution < 1.29 is 9.53 Å². The molecule has 1 saturated heterocycles. The van der Waals surface area contributed by atoms with Crippen molar-refractivity contribution in [3.05, 3.63) is 40.5 Å². The summed E-state index contributed by atoms with van der Waals surface area (Å²) < 4.78 is 5.69. The standard InChI is InChI=1S/C16H16N4O2S/c17-8-13-2-1-5-18-15(13)22-9-12-3-6-20(7-4-12)16(21)14-10-23-11-19-14/h1-2,5,10-12H,3-4,6-7,9H2. The third-order valence-corrected chi connectivity index (χ3v) is 4.49. The molecule has 0 bridgehead atoms. The van der Waals surface area contributed by atoms with Crippen molar-refractivity contribution in [2.45, 2.75) is 12.8 Å². The van der Waals surface area contributed by atoms with E-state index < -0.39 is 0 Å². The smallest absolute Gasteiger partial charge is 0.273 e. The quantitative estimate of drug-likeness (QED) is 0.860. The summed E-state index contributed by atoms with van der Waals surface area (Å²) in [5.74, 6) is 0.751. The summed E-state index contributed by atoms with van der Waals surface area (Å²) in [6, 6.07) is 5.48. The summed E-state index contributed by atoms with van der Waals surface area (Å²) in [7, 11) is 0. The first-order valence-electron chi connectivity index (χ1n) is 7.43. The molecule has 118 valence electrons. The summed E-state index contributed by atoms with van der Waals surface area (Å²) in [5.41, 5.74) is 2.65. The molecule has 1 fully saturated rings. The maximum Gasteiger partial charge on any atom is 0.273 e. The normalized spacial score (nSPS) is 15.2. The lowest BCUT2D eigenvalue weighted by Crippen LogP contribution is -2.39. The summed E-state index contributed by atoms with van der Waals surface area (Å²) in [6.07, 6.45) is 3.38. The summed E-state index contributed by atoms with van der Waals surface area (Å²) in [4.78, 5) is 22.2. The van der Waals surface area contributed by atoms with Gasteiger partial charge in [-0.3, -0.25) is 4.79 Å². The zero-order valence-electron chi connectivity index (χ0n) is 12.5. The van der Waals surface area contributed by atoms with E-state index in [1.165, 1.54) is 11.3 Å². The number of piperidine rings is 1. The SMILES string of the molecule is N#Cc1cccnc1OCC1CCN(C(=O)c2cscn2)CC1. The first kappa shape index (κ1) is 15.4. The Morgan fingerprint density at radius 1 is 1.43 bits per heavy atom. The number of likely N-dealkylation sites (tertiary alicyclic amines) is 1. The molecule has 0 aromatic carbocycles. The minimum Gasteiger partial charge on any atom is -0.476 e. The number of aromatic nitrogens is 2. The predicted molar refractivity (Wildman–Crippen MR) is 85.2 cm³/mol. The second kappa shape index (κ2) is 7.20. The summed E-state index contributed by atoms with van der Waals surface area (Å²) >= 11 is 1.43. The second-order valence-corrected chi connectivity index (χ2v) is 6.11. The highest BCUT2D eigenvalue weighted by molar-refractivity contribution is 7.07. The predicted octanol–water partition coefficient (Wildman–Crippen LogP) is 2.34. The third-order valence-electron chi connectivity index (χ3n) is 3.90. The molecule has 0 saturated carbocycles. The molecule has 6 nitrogen and oxygen atoms in total. The molecule has 0 radical (unpaired) electrons. The lowest BCUT2D eigenvalue weighted by Gasteiger charge is -2.31. The first-order chi connectivity index (χ1) is 11.3. The van der Waals surface area contributed by atoms with Crippen molar-refractivity contribution in [2.24, 2.45) is 5.92 Å². The van der Waals surface area contributed by atoms with Gasteiger partial charge in [0.15, 0.2) is 0 Å². The third kappa shape index (κ3) is 3.66. The van der Waals surface area contributed by atoms with Gasteiger partial charge in [-0.05, 0) is 30.9 Å². The number of thiazole rings is 1. The Hall–Kier alpha value is -2.46. The Labute approximate surface area is 138 Å². The second-order valence-electron chi connectivity index (χ2n) is 5.39. The van der Waals surface area contributed by atoms with E-state index in [0.29, 0.717) is 42.8 Å². The van der Waals surface area contributed by atoms with E-state index in [9.17, 15) is 4.79 Å². The van der Waals surface area contributed by atoms with E-state index in [1.54, 1.807) is 29.2 Å². The van der Waals surface area contributed by atoms with Crippen LogP contribution in [0, 0.1) is 17.2 Å². The fourth-order valence-electron chi connectivity index (χ4n) is 2.57. The van der Waals surface area contributed by atoms with Crippen molar-refractivity contribution in [1.29, 1.82) is 5.26 Å². The fraction of sp³-hybridized carbons (Fsp3) is 0.375.